The summed E-state index contributed by atoms with van der Waals surface area (Å²) in [5.74, 6) is 1.09. The van der Waals surface area contributed by atoms with Crippen LogP contribution < -0.4 is 15.0 Å². The van der Waals surface area contributed by atoms with Crippen molar-refractivity contribution in [3.05, 3.63) is 27.3 Å². The monoisotopic (exact) mass is 360 g/mol. The Morgan fingerprint density at radius 2 is 2.04 bits per heavy atom. The Kier molecular flexibility index (Phi) is 3.99. The SMILES string of the molecule is COc1cc2[nH]c(=S)n(CCCN3C=NC4CC43)c(=O)c2cc1OC. The molecule has 2 aliphatic rings. The molecule has 1 aromatic heterocycles. The summed E-state index contributed by atoms with van der Waals surface area (Å²) in [6.45, 7) is 1.45. The van der Waals surface area contributed by atoms with Gasteiger partial charge in [0.15, 0.2) is 16.3 Å². The summed E-state index contributed by atoms with van der Waals surface area (Å²) < 4.78 is 12.6. The molecule has 1 N–H and O–H groups in total. The number of aromatic amines is 1. The summed E-state index contributed by atoms with van der Waals surface area (Å²) in [6.07, 6.45) is 3.93. The van der Waals surface area contributed by atoms with E-state index in [1.807, 2.05) is 6.34 Å². The van der Waals surface area contributed by atoms with Crippen LogP contribution in [0.5, 0.6) is 11.5 Å². The molecule has 0 radical (unpaired) electrons. The largest absolute Gasteiger partial charge is 0.493 e. The number of nitrogens with one attached hydrogen (secondary N) is 1. The van der Waals surface area contributed by atoms with E-state index in [2.05, 4.69) is 14.9 Å². The number of ether oxygens (including phenoxy) is 2. The smallest absolute Gasteiger partial charge is 0.262 e. The molecule has 0 saturated heterocycles. The Morgan fingerprint density at radius 1 is 1.28 bits per heavy atom. The van der Waals surface area contributed by atoms with Crippen molar-refractivity contribution >= 4 is 29.5 Å². The zero-order valence-electron chi connectivity index (χ0n) is 14.2. The second-order valence-electron chi connectivity index (χ2n) is 6.37. The lowest BCUT2D eigenvalue weighted by Gasteiger charge is -2.16. The first-order valence-electron chi connectivity index (χ1n) is 8.30. The fourth-order valence-corrected chi connectivity index (χ4v) is 3.64. The summed E-state index contributed by atoms with van der Waals surface area (Å²) in [4.78, 5) is 22.6. The number of rotatable bonds is 6. The maximum atomic E-state index is 12.9. The van der Waals surface area contributed by atoms with E-state index in [9.17, 15) is 4.79 Å². The topological polar surface area (TPSA) is 71.8 Å². The van der Waals surface area contributed by atoms with E-state index >= 15 is 0 Å². The van der Waals surface area contributed by atoms with Gasteiger partial charge in [-0.3, -0.25) is 14.4 Å². The van der Waals surface area contributed by atoms with Crippen molar-refractivity contribution in [2.75, 3.05) is 20.8 Å². The maximum absolute atomic E-state index is 12.9. The highest BCUT2D eigenvalue weighted by Crippen LogP contribution is 2.34. The Morgan fingerprint density at radius 3 is 2.68 bits per heavy atom. The molecule has 1 aliphatic heterocycles. The van der Waals surface area contributed by atoms with Gasteiger partial charge in [0.05, 0.1) is 43.5 Å². The first-order chi connectivity index (χ1) is 12.1. The third-order valence-electron chi connectivity index (χ3n) is 4.84. The maximum Gasteiger partial charge on any atom is 0.262 e. The molecule has 4 rings (SSSR count). The molecule has 0 amide bonds. The Balaban J connectivity index is 1.60. The molecule has 1 aliphatic carbocycles. The minimum absolute atomic E-state index is 0.112. The van der Waals surface area contributed by atoms with E-state index < -0.39 is 0 Å². The molecule has 2 heterocycles. The van der Waals surface area contributed by atoms with E-state index in [-0.39, 0.29) is 5.56 Å². The lowest BCUT2D eigenvalue weighted by molar-refractivity contribution is 0.355. The number of fused-ring (bicyclic) bond motifs is 2. The third kappa shape index (κ3) is 2.80. The average molecular weight is 360 g/mol. The van der Waals surface area contributed by atoms with Gasteiger partial charge >= 0.3 is 0 Å². The summed E-state index contributed by atoms with van der Waals surface area (Å²) in [5.41, 5.74) is 0.537. The standard InChI is InChI=1S/C17H20N4O3S/c1-23-14-6-10-11(8-15(14)24-2)19-17(25)21(16(10)22)5-3-4-20-9-18-12-7-13(12)20/h6,8-9,12-13H,3-5,7H2,1-2H3,(H,19,25). The molecular formula is C17H20N4O3S. The molecule has 0 bridgehead atoms. The van der Waals surface area contributed by atoms with Crippen LogP contribution in [0.2, 0.25) is 0 Å². The van der Waals surface area contributed by atoms with E-state index in [0.717, 1.165) is 19.4 Å². The van der Waals surface area contributed by atoms with E-state index in [4.69, 9.17) is 21.7 Å². The second kappa shape index (κ2) is 6.18. The fraction of sp³-hybridized carbons (Fsp3) is 0.471. The number of H-pyrrole nitrogens is 1. The summed E-state index contributed by atoms with van der Waals surface area (Å²) >= 11 is 5.38. The Hall–Kier alpha value is -2.35. The van der Waals surface area contributed by atoms with Gasteiger partial charge in [-0.05, 0) is 31.1 Å². The average Bonchev–Trinajstić information content (AvgIpc) is 3.29. The lowest BCUT2D eigenvalue weighted by Crippen LogP contribution is -2.27. The summed E-state index contributed by atoms with van der Waals surface area (Å²) in [7, 11) is 3.11. The van der Waals surface area contributed by atoms with Gasteiger partial charge in [0.2, 0.25) is 0 Å². The number of hydrogen-bond donors (Lipinski definition) is 1. The van der Waals surface area contributed by atoms with Gasteiger partial charge in [0.1, 0.15) is 0 Å². The molecule has 1 saturated carbocycles. The normalized spacial score (nSPS) is 20.8. The van der Waals surface area contributed by atoms with Crippen molar-refractivity contribution in [3.8, 4) is 11.5 Å². The van der Waals surface area contributed by atoms with E-state index in [0.29, 0.717) is 45.8 Å². The van der Waals surface area contributed by atoms with Crippen molar-refractivity contribution in [2.45, 2.75) is 31.5 Å². The van der Waals surface area contributed by atoms with Crippen LogP contribution in [0.3, 0.4) is 0 Å². The number of benzene rings is 1. The number of methoxy groups -OCH3 is 2. The minimum atomic E-state index is -0.112. The van der Waals surface area contributed by atoms with Gasteiger partial charge in [-0.1, -0.05) is 0 Å². The molecule has 2 aromatic rings. The number of aliphatic imine (C=N–C) groups is 1. The van der Waals surface area contributed by atoms with Crippen LogP contribution in [-0.4, -0.2) is 53.6 Å². The number of nitrogens with zero attached hydrogens (tertiary/aromatic N) is 3. The van der Waals surface area contributed by atoms with Crippen LogP contribution in [0.1, 0.15) is 12.8 Å². The molecule has 1 aromatic carbocycles. The first-order valence-corrected chi connectivity index (χ1v) is 8.71. The van der Waals surface area contributed by atoms with Crippen molar-refractivity contribution in [1.29, 1.82) is 0 Å². The molecule has 25 heavy (non-hydrogen) atoms. The Bertz CT molecular complexity index is 965. The van der Waals surface area contributed by atoms with Crippen LogP contribution in [-0.2, 0) is 6.54 Å². The minimum Gasteiger partial charge on any atom is -0.493 e. The van der Waals surface area contributed by atoms with Crippen molar-refractivity contribution in [3.63, 3.8) is 0 Å². The molecule has 132 valence electrons. The third-order valence-corrected chi connectivity index (χ3v) is 5.16. The summed E-state index contributed by atoms with van der Waals surface area (Å²) in [6, 6.07) is 4.53. The fourth-order valence-electron chi connectivity index (χ4n) is 3.36. The van der Waals surface area contributed by atoms with Gasteiger partial charge in [-0.15, -0.1) is 0 Å². The quantitative estimate of drug-likeness (QED) is 0.797. The van der Waals surface area contributed by atoms with Crippen molar-refractivity contribution in [1.82, 2.24) is 14.5 Å². The molecule has 8 heteroatoms. The Labute approximate surface area is 149 Å². The highest BCUT2D eigenvalue weighted by molar-refractivity contribution is 7.71. The molecular weight excluding hydrogens is 340 g/mol. The van der Waals surface area contributed by atoms with Crippen LogP contribution in [0.25, 0.3) is 10.9 Å². The molecule has 2 unspecified atom stereocenters. The zero-order chi connectivity index (χ0) is 17.6. The van der Waals surface area contributed by atoms with Gasteiger partial charge in [0.25, 0.3) is 5.56 Å². The van der Waals surface area contributed by atoms with Crippen LogP contribution in [0.4, 0.5) is 0 Å². The zero-order valence-corrected chi connectivity index (χ0v) is 15.0. The highest BCUT2D eigenvalue weighted by atomic mass is 32.1. The van der Waals surface area contributed by atoms with Crippen molar-refractivity contribution < 1.29 is 9.47 Å². The van der Waals surface area contributed by atoms with Gasteiger partial charge < -0.3 is 19.4 Å². The molecule has 0 spiro atoms. The summed E-state index contributed by atoms with van der Waals surface area (Å²) in [5, 5.41) is 0.538. The number of aromatic nitrogens is 2. The van der Waals surface area contributed by atoms with Crippen LogP contribution in [0, 0.1) is 4.77 Å². The number of hydrogen-bond acceptors (Lipinski definition) is 6. The first kappa shape index (κ1) is 16.1. The molecule has 2 atom stereocenters. The van der Waals surface area contributed by atoms with E-state index in [1.165, 1.54) is 0 Å². The van der Waals surface area contributed by atoms with Gasteiger partial charge in [-0.2, -0.15) is 0 Å². The second-order valence-corrected chi connectivity index (χ2v) is 6.75. The predicted octanol–water partition coefficient (Wildman–Crippen LogP) is 1.95. The molecule has 1 fully saturated rings. The van der Waals surface area contributed by atoms with E-state index in [1.54, 1.807) is 30.9 Å². The lowest BCUT2D eigenvalue weighted by atomic mass is 10.2. The highest BCUT2D eigenvalue weighted by Gasteiger charge is 2.44. The van der Waals surface area contributed by atoms with Crippen LogP contribution >= 0.6 is 12.2 Å². The van der Waals surface area contributed by atoms with Crippen molar-refractivity contribution in [2.24, 2.45) is 4.99 Å². The van der Waals surface area contributed by atoms with Gasteiger partial charge in [0, 0.05) is 19.2 Å². The predicted molar refractivity (Wildman–Crippen MR) is 98.5 cm³/mol. The molecule has 7 nitrogen and oxygen atoms in total. The van der Waals surface area contributed by atoms with Crippen LogP contribution in [0.15, 0.2) is 21.9 Å². The van der Waals surface area contributed by atoms with Gasteiger partial charge in [-0.25, -0.2) is 0 Å².